The van der Waals surface area contributed by atoms with Crippen LogP contribution in [0.15, 0.2) is 21.6 Å². The van der Waals surface area contributed by atoms with Gasteiger partial charge in [0.05, 0.1) is 17.6 Å². The number of hydrogen-bond donors (Lipinski definition) is 0. The highest BCUT2D eigenvalue weighted by molar-refractivity contribution is 9.10. The van der Waals surface area contributed by atoms with Crippen LogP contribution in [0.25, 0.3) is 0 Å². The summed E-state index contributed by atoms with van der Waals surface area (Å²) in [4.78, 5) is 16.4. The van der Waals surface area contributed by atoms with Crippen molar-refractivity contribution in [3.63, 3.8) is 0 Å². The van der Waals surface area contributed by atoms with E-state index in [1.165, 1.54) is 35.6 Å². The Hall–Kier alpha value is -2.24. The maximum atomic E-state index is 11.2. The smallest absolute Gasteiger partial charge is 0.312 e. The van der Waals surface area contributed by atoms with Gasteiger partial charge >= 0.3 is 5.69 Å². The quantitative estimate of drug-likeness (QED) is 0.399. The molecule has 1 aromatic carbocycles. The van der Waals surface area contributed by atoms with Crippen molar-refractivity contribution in [1.82, 2.24) is 0 Å². The molecule has 1 heterocycles. The maximum Gasteiger partial charge on any atom is 0.312 e. The lowest BCUT2D eigenvalue weighted by molar-refractivity contribution is -0.385. The van der Waals surface area contributed by atoms with Gasteiger partial charge in [0, 0.05) is 27.2 Å². The van der Waals surface area contributed by atoms with Crippen molar-refractivity contribution in [1.29, 1.82) is 5.26 Å². The number of aryl methyl sites for hydroxylation is 1. The van der Waals surface area contributed by atoms with Crippen molar-refractivity contribution in [2.45, 2.75) is 25.7 Å². The molecule has 0 radical (unpaired) electrons. The second kappa shape index (κ2) is 7.33. The van der Waals surface area contributed by atoms with E-state index >= 15 is 0 Å². The van der Waals surface area contributed by atoms with E-state index in [9.17, 15) is 15.4 Å². The van der Waals surface area contributed by atoms with E-state index in [2.05, 4.69) is 27.0 Å². The van der Waals surface area contributed by atoms with Gasteiger partial charge in [-0.2, -0.15) is 5.26 Å². The van der Waals surface area contributed by atoms with Gasteiger partial charge in [0.1, 0.15) is 11.1 Å². The van der Waals surface area contributed by atoms with Crippen LogP contribution in [0.3, 0.4) is 0 Å². The number of thiophene rings is 1. The Morgan fingerprint density at radius 1 is 1.44 bits per heavy atom. The number of methoxy groups -OCH3 is 1. The zero-order valence-corrected chi connectivity index (χ0v) is 15.8. The first kappa shape index (κ1) is 17.6. The molecule has 0 unspecified atom stereocenters. The minimum Gasteiger partial charge on any atom is -0.490 e. The zero-order chi connectivity index (χ0) is 18.0. The number of nitrogens with zero attached hydrogens (tertiary/aromatic N) is 3. The van der Waals surface area contributed by atoms with Crippen LogP contribution in [0.2, 0.25) is 0 Å². The molecule has 1 aromatic heterocycles. The van der Waals surface area contributed by atoms with Crippen LogP contribution in [-0.4, -0.2) is 18.2 Å². The van der Waals surface area contributed by atoms with Crippen molar-refractivity contribution >= 4 is 44.2 Å². The summed E-state index contributed by atoms with van der Waals surface area (Å²) >= 11 is 4.80. The van der Waals surface area contributed by atoms with E-state index in [1.807, 2.05) is 0 Å². The predicted octanol–water partition coefficient (Wildman–Crippen LogP) is 4.93. The third kappa shape index (κ3) is 3.43. The zero-order valence-electron chi connectivity index (χ0n) is 13.4. The molecule has 8 heteroatoms. The number of aliphatic imine (C=N–C) groups is 1. The first-order valence-electron chi connectivity index (χ1n) is 7.65. The first-order valence-corrected chi connectivity index (χ1v) is 9.26. The average Bonchev–Trinajstić information content (AvgIpc) is 2.96. The third-order valence-electron chi connectivity index (χ3n) is 4.05. The molecule has 0 atom stereocenters. The van der Waals surface area contributed by atoms with Gasteiger partial charge in [0.15, 0.2) is 0 Å². The summed E-state index contributed by atoms with van der Waals surface area (Å²) in [5.74, 6) is 0.150. The fraction of sp³-hybridized carbons (Fsp3) is 0.294. The summed E-state index contributed by atoms with van der Waals surface area (Å²) in [6.07, 6.45) is 5.64. The van der Waals surface area contributed by atoms with Gasteiger partial charge in [-0.25, -0.2) is 4.99 Å². The normalized spacial score (nSPS) is 13.5. The summed E-state index contributed by atoms with van der Waals surface area (Å²) in [7, 11) is 1.39. The molecular formula is C17H14BrN3O3S. The molecule has 0 saturated heterocycles. The van der Waals surface area contributed by atoms with Crippen LogP contribution in [0.5, 0.6) is 5.75 Å². The topological polar surface area (TPSA) is 88.5 Å². The lowest BCUT2D eigenvalue weighted by Gasteiger charge is -2.09. The van der Waals surface area contributed by atoms with Gasteiger partial charge in [0.25, 0.3) is 0 Å². The Labute approximate surface area is 157 Å². The fourth-order valence-corrected chi connectivity index (χ4v) is 4.59. The van der Waals surface area contributed by atoms with E-state index in [-0.39, 0.29) is 11.4 Å². The number of fused-ring (bicyclic) bond motifs is 1. The molecule has 1 aliphatic carbocycles. The van der Waals surface area contributed by atoms with Crippen LogP contribution < -0.4 is 4.74 Å². The number of benzene rings is 1. The SMILES string of the molecule is COc1c(C=Nc2sc3c(c2C#N)CCCC3)cc(Br)cc1[N+](=O)[O-]. The molecule has 0 amide bonds. The summed E-state index contributed by atoms with van der Waals surface area (Å²) in [5.41, 5.74) is 2.08. The molecule has 0 fully saturated rings. The van der Waals surface area contributed by atoms with E-state index in [4.69, 9.17) is 4.74 Å². The largest absolute Gasteiger partial charge is 0.490 e. The second-order valence-corrected chi connectivity index (χ2v) is 7.56. The van der Waals surface area contributed by atoms with Crippen LogP contribution in [0, 0.1) is 21.4 Å². The van der Waals surface area contributed by atoms with Gasteiger partial charge in [-0.05, 0) is 37.3 Å². The Bertz CT molecular complexity index is 915. The van der Waals surface area contributed by atoms with Gasteiger partial charge < -0.3 is 4.74 Å². The Kier molecular flexibility index (Phi) is 5.16. The van der Waals surface area contributed by atoms with Crippen LogP contribution in [-0.2, 0) is 12.8 Å². The van der Waals surface area contributed by atoms with Gasteiger partial charge in [-0.15, -0.1) is 11.3 Å². The molecule has 0 aliphatic heterocycles. The first-order chi connectivity index (χ1) is 12.0. The molecule has 6 nitrogen and oxygen atoms in total. The number of rotatable bonds is 4. The van der Waals surface area contributed by atoms with Crippen LogP contribution in [0.4, 0.5) is 10.7 Å². The molecule has 0 saturated carbocycles. The van der Waals surface area contributed by atoms with Gasteiger partial charge in [-0.1, -0.05) is 15.9 Å². The van der Waals surface area contributed by atoms with Crippen molar-refractivity contribution in [2.24, 2.45) is 4.99 Å². The van der Waals surface area contributed by atoms with Crippen molar-refractivity contribution < 1.29 is 9.66 Å². The minimum atomic E-state index is -0.495. The molecule has 0 spiro atoms. The lowest BCUT2D eigenvalue weighted by Crippen LogP contribution is -1.99. The molecule has 1 aliphatic rings. The number of nitro groups is 1. The summed E-state index contributed by atoms with van der Waals surface area (Å²) < 4.78 is 5.77. The molecule has 0 N–H and O–H groups in total. The number of nitro benzene ring substituents is 1. The summed E-state index contributed by atoms with van der Waals surface area (Å²) in [6.45, 7) is 0. The summed E-state index contributed by atoms with van der Waals surface area (Å²) in [6, 6.07) is 5.35. The Balaban J connectivity index is 2.05. The Morgan fingerprint density at radius 2 is 2.20 bits per heavy atom. The summed E-state index contributed by atoms with van der Waals surface area (Å²) in [5, 5.41) is 21.3. The second-order valence-electron chi connectivity index (χ2n) is 5.57. The average molecular weight is 420 g/mol. The highest BCUT2D eigenvalue weighted by atomic mass is 79.9. The van der Waals surface area contributed by atoms with Crippen molar-refractivity contribution in [3.05, 3.63) is 48.3 Å². The molecule has 128 valence electrons. The van der Waals surface area contributed by atoms with E-state index in [0.29, 0.717) is 20.6 Å². The van der Waals surface area contributed by atoms with Crippen molar-refractivity contribution in [3.8, 4) is 11.8 Å². The number of halogens is 1. The van der Waals surface area contributed by atoms with E-state index in [1.54, 1.807) is 6.07 Å². The predicted molar refractivity (Wildman–Crippen MR) is 100 cm³/mol. The van der Waals surface area contributed by atoms with Gasteiger partial charge in [0.2, 0.25) is 5.75 Å². The van der Waals surface area contributed by atoms with Crippen LogP contribution >= 0.6 is 27.3 Å². The Morgan fingerprint density at radius 3 is 2.88 bits per heavy atom. The highest BCUT2D eigenvalue weighted by Gasteiger charge is 2.22. The number of hydrogen-bond acceptors (Lipinski definition) is 6. The van der Waals surface area contributed by atoms with Crippen LogP contribution in [0.1, 0.15) is 34.4 Å². The van der Waals surface area contributed by atoms with E-state index < -0.39 is 4.92 Å². The minimum absolute atomic E-state index is 0.135. The molecule has 0 bridgehead atoms. The van der Waals surface area contributed by atoms with Crippen molar-refractivity contribution in [2.75, 3.05) is 7.11 Å². The van der Waals surface area contributed by atoms with Gasteiger partial charge in [-0.3, -0.25) is 10.1 Å². The molecule has 3 rings (SSSR count). The maximum absolute atomic E-state index is 11.2. The highest BCUT2D eigenvalue weighted by Crippen LogP contribution is 2.40. The monoisotopic (exact) mass is 419 g/mol. The standard InChI is InChI=1S/C17H14BrN3O3S/c1-24-16-10(6-11(18)7-14(16)21(22)23)9-20-17-13(8-19)12-4-2-3-5-15(12)25-17/h6-7,9H,2-5H2,1H3. The lowest BCUT2D eigenvalue weighted by atomic mass is 9.96. The number of ether oxygens (including phenoxy) is 1. The fourth-order valence-electron chi connectivity index (χ4n) is 2.94. The molecule has 2 aromatic rings. The number of nitriles is 1. The molecule has 25 heavy (non-hydrogen) atoms. The molecular weight excluding hydrogens is 406 g/mol. The van der Waals surface area contributed by atoms with E-state index in [0.717, 1.165) is 31.2 Å². The third-order valence-corrected chi connectivity index (χ3v) is 5.71.